The van der Waals surface area contributed by atoms with E-state index < -0.39 is 10.8 Å². The maximum Gasteiger partial charge on any atom is 0.153 e. The van der Waals surface area contributed by atoms with E-state index in [4.69, 9.17) is 23.2 Å². The van der Waals surface area contributed by atoms with Gasteiger partial charge in [0.15, 0.2) is 5.78 Å². The Morgan fingerprint density at radius 1 is 0.692 bits per heavy atom. The fourth-order valence-electron chi connectivity index (χ4n) is 5.28. The van der Waals surface area contributed by atoms with Crippen LogP contribution in [0.25, 0.3) is 0 Å². The summed E-state index contributed by atoms with van der Waals surface area (Å²) in [7, 11) is 0. The number of hydrogen-bond acceptors (Lipinski definition) is 1. The number of carbonyl (C=O) groups is 1. The van der Waals surface area contributed by atoms with Gasteiger partial charge in [0.25, 0.3) is 0 Å². The molecule has 0 aliphatic heterocycles. The summed E-state index contributed by atoms with van der Waals surface area (Å²) >= 11 is 12.6. The second-order valence-corrected chi connectivity index (χ2v) is 8.80. The number of rotatable bonds is 4. The van der Waals surface area contributed by atoms with Crippen molar-refractivity contribution in [2.75, 3.05) is 0 Å². The fourth-order valence-corrected chi connectivity index (χ4v) is 5.66. The summed E-state index contributed by atoms with van der Waals surface area (Å²) in [5.74, 6) is 0.393. The van der Waals surface area contributed by atoms with Crippen LogP contribution in [0.5, 0.6) is 0 Å². The third-order valence-electron chi connectivity index (χ3n) is 6.54. The monoisotopic (exact) mass is 386 g/mol. The molecule has 26 heavy (non-hydrogen) atoms. The Hall–Kier alpha value is -1.31. The normalized spacial score (nSPS) is 21.0. The van der Waals surface area contributed by atoms with E-state index in [0.29, 0.717) is 15.8 Å². The van der Waals surface area contributed by atoms with Crippen molar-refractivity contribution >= 4 is 29.0 Å². The third kappa shape index (κ3) is 2.90. The first kappa shape index (κ1) is 18.1. The molecule has 2 aliphatic rings. The molecule has 2 aromatic carbocycles. The van der Waals surface area contributed by atoms with Gasteiger partial charge in [-0.1, -0.05) is 73.2 Å². The lowest BCUT2D eigenvalue weighted by atomic mass is 9.62. The molecule has 0 radical (unpaired) electrons. The van der Waals surface area contributed by atoms with Gasteiger partial charge in [0.05, 0.1) is 10.8 Å². The van der Waals surface area contributed by atoms with Gasteiger partial charge in [0.2, 0.25) is 0 Å². The summed E-state index contributed by atoms with van der Waals surface area (Å²) in [5, 5.41) is 1.43. The molecule has 3 heteroatoms. The predicted molar refractivity (Wildman–Crippen MR) is 108 cm³/mol. The Bertz CT molecular complexity index is 747. The molecule has 0 heterocycles. The van der Waals surface area contributed by atoms with Crippen LogP contribution in [0.15, 0.2) is 48.5 Å². The van der Waals surface area contributed by atoms with Crippen molar-refractivity contribution in [1.82, 2.24) is 0 Å². The molecule has 0 amide bonds. The van der Waals surface area contributed by atoms with Crippen molar-refractivity contribution in [3.63, 3.8) is 0 Å². The average Bonchev–Trinajstić information content (AvgIpc) is 3.32. The summed E-state index contributed by atoms with van der Waals surface area (Å²) in [6.07, 6.45) is 8.10. The molecule has 136 valence electrons. The zero-order valence-electron chi connectivity index (χ0n) is 14.9. The van der Waals surface area contributed by atoms with E-state index in [2.05, 4.69) is 12.1 Å². The summed E-state index contributed by atoms with van der Waals surface area (Å²) in [4.78, 5) is 14.2. The van der Waals surface area contributed by atoms with Crippen molar-refractivity contribution in [3.05, 3.63) is 69.7 Å². The van der Waals surface area contributed by atoms with Crippen LogP contribution < -0.4 is 0 Å². The van der Waals surface area contributed by atoms with E-state index in [0.717, 1.165) is 62.5 Å². The minimum Gasteiger partial charge on any atom is -0.298 e. The summed E-state index contributed by atoms with van der Waals surface area (Å²) < 4.78 is 0. The lowest BCUT2D eigenvalue weighted by molar-refractivity contribution is -0.130. The zero-order chi connectivity index (χ0) is 18.2. The van der Waals surface area contributed by atoms with Crippen molar-refractivity contribution < 1.29 is 4.79 Å². The maximum atomic E-state index is 14.2. The van der Waals surface area contributed by atoms with Crippen molar-refractivity contribution in [2.45, 2.75) is 62.2 Å². The summed E-state index contributed by atoms with van der Waals surface area (Å²) in [6, 6.07) is 15.9. The molecule has 4 rings (SSSR count). The van der Waals surface area contributed by atoms with Crippen molar-refractivity contribution in [1.29, 1.82) is 0 Å². The van der Waals surface area contributed by atoms with Gasteiger partial charge >= 0.3 is 0 Å². The van der Waals surface area contributed by atoms with Crippen LogP contribution in [-0.4, -0.2) is 5.78 Å². The molecule has 2 saturated carbocycles. The van der Waals surface area contributed by atoms with Gasteiger partial charge in [-0.25, -0.2) is 0 Å². The first-order chi connectivity index (χ1) is 12.6. The molecule has 0 spiro atoms. The first-order valence-corrected chi connectivity index (χ1v) is 10.4. The van der Waals surface area contributed by atoms with E-state index in [1.807, 2.05) is 36.4 Å². The Morgan fingerprint density at radius 3 is 1.42 bits per heavy atom. The highest BCUT2D eigenvalue weighted by molar-refractivity contribution is 6.31. The highest BCUT2D eigenvalue weighted by atomic mass is 35.5. The number of hydrogen-bond donors (Lipinski definition) is 0. The van der Waals surface area contributed by atoms with Crippen LogP contribution in [0.3, 0.4) is 0 Å². The largest absolute Gasteiger partial charge is 0.298 e. The molecule has 0 bridgehead atoms. The molecule has 0 N–H and O–H groups in total. The molecule has 2 aromatic rings. The Kier molecular flexibility index (Phi) is 4.88. The van der Waals surface area contributed by atoms with Crippen LogP contribution in [0.2, 0.25) is 10.0 Å². The van der Waals surface area contributed by atoms with E-state index in [9.17, 15) is 4.79 Å². The molecule has 0 saturated heterocycles. The van der Waals surface area contributed by atoms with Crippen LogP contribution in [0.1, 0.15) is 62.5 Å². The van der Waals surface area contributed by atoms with Crippen LogP contribution in [0.4, 0.5) is 0 Å². The standard InChI is InChI=1S/C23H24Cl2O/c24-19-9-5-7-17(15-19)22(11-1-2-12-22)21(26)23(13-3-4-14-23)18-8-6-10-20(25)16-18/h5-10,15-16H,1-4,11-14H2. The number of halogens is 2. The van der Waals surface area contributed by atoms with Crippen LogP contribution in [0, 0.1) is 0 Å². The van der Waals surface area contributed by atoms with E-state index in [1.165, 1.54) is 0 Å². The van der Waals surface area contributed by atoms with Gasteiger partial charge in [-0.05, 0) is 61.1 Å². The molecule has 0 atom stereocenters. The fraction of sp³-hybridized carbons (Fsp3) is 0.435. The van der Waals surface area contributed by atoms with E-state index in [-0.39, 0.29) is 0 Å². The number of benzene rings is 2. The van der Waals surface area contributed by atoms with Gasteiger partial charge in [-0.2, -0.15) is 0 Å². The second-order valence-electron chi connectivity index (χ2n) is 7.93. The lowest BCUT2D eigenvalue weighted by Crippen LogP contribution is -2.46. The van der Waals surface area contributed by atoms with E-state index in [1.54, 1.807) is 0 Å². The minimum absolute atomic E-state index is 0.393. The quantitative estimate of drug-likeness (QED) is 0.558. The summed E-state index contributed by atoms with van der Waals surface area (Å²) in [5.41, 5.74) is 1.39. The van der Waals surface area contributed by atoms with Gasteiger partial charge in [0, 0.05) is 10.0 Å². The van der Waals surface area contributed by atoms with Crippen molar-refractivity contribution in [3.8, 4) is 0 Å². The average molecular weight is 387 g/mol. The maximum absolute atomic E-state index is 14.2. The minimum atomic E-state index is -0.405. The smallest absolute Gasteiger partial charge is 0.153 e. The molecular weight excluding hydrogens is 363 g/mol. The Morgan fingerprint density at radius 2 is 1.08 bits per heavy atom. The van der Waals surface area contributed by atoms with Gasteiger partial charge in [-0.3, -0.25) is 4.79 Å². The second kappa shape index (κ2) is 7.02. The highest BCUT2D eigenvalue weighted by Gasteiger charge is 2.53. The first-order valence-electron chi connectivity index (χ1n) is 9.64. The third-order valence-corrected chi connectivity index (χ3v) is 7.01. The number of Topliss-reactive ketones (excluding diaryl/α,β-unsaturated/α-hetero) is 1. The Balaban J connectivity index is 1.84. The van der Waals surface area contributed by atoms with E-state index >= 15 is 0 Å². The van der Waals surface area contributed by atoms with Gasteiger partial charge < -0.3 is 0 Å². The highest BCUT2D eigenvalue weighted by Crippen LogP contribution is 2.52. The number of ketones is 1. The predicted octanol–water partition coefficient (Wildman–Crippen LogP) is 6.89. The summed E-state index contributed by atoms with van der Waals surface area (Å²) in [6.45, 7) is 0. The lowest BCUT2D eigenvalue weighted by Gasteiger charge is -2.39. The molecule has 2 fully saturated rings. The van der Waals surface area contributed by atoms with Crippen LogP contribution >= 0.6 is 23.2 Å². The SMILES string of the molecule is O=C(C1(c2cccc(Cl)c2)CCCC1)C1(c2cccc(Cl)c2)CCCC1. The molecule has 1 nitrogen and oxygen atoms in total. The van der Waals surface area contributed by atoms with Crippen molar-refractivity contribution in [2.24, 2.45) is 0 Å². The molecule has 0 aromatic heterocycles. The molecule has 0 unspecified atom stereocenters. The van der Waals surface area contributed by atoms with Gasteiger partial charge in [0.1, 0.15) is 0 Å². The van der Waals surface area contributed by atoms with Crippen LogP contribution in [-0.2, 0) is 15.6 Å². The zero-order valence-corrected chi connectivity index (χ0v) is 16.5. The van der Waals surface area contributed by atoms with Gasteiger partial charge in [-0.15, -0.1) is 0 Å². The number of carbonyl (C=O) groups excluding carboxylic acids is 1. The topological polar surface area (TPSA) is 17.1 Å². The molecular formula is C23H24Cl2O. The Labute approximate surface area is 165 Å². The molecule has 2 aliphatic carbocycles.